The van der Waals surface area contributed by atoms with Gasteiger partial charge >= 0.3 is 0 Å². The van der Waals surface area contributed by atoms with Gasteiger partial charge in [-0.25, -0.2) is 0 Å². The Bertz CT molecular complexity index is 164. The van der Waals surface area contributed by atoms with E-state index in [2.05, 4.69) is 0 Å². The van der Waals surface area contributed by atoms with Crippen LogP contribution in [-0.2, 0) is 4.74 Å². The van der Waals surface area contributed by atoms with E-state index in [1.165, 1.54) is 44.9 Å². The molecule has 2 aliphatic rings. The van der Waals surface area contributed by atoms with Crippen molar-refractivity contribution in [3.63, 3.8) is 0 Å². The molecule has 2 unspecified atom stereocenters. The topological polar surface area (TPSA) is 35.2 Å². The largest absolute Gasteiger partial charge is 0.378 e. The van der Waals surface area contributed by atoms with Crippen molar-refractivity contribution in [2.24, 2.45) is 17.6 Å². The van der Waals surface area contributed by atoms with E-state index in [-0.39, 0.29) is 0 Å². The molecule has 2 N–H and O–H groups in total. The van der Waals surface area contributed by atoms with Crippen LogP contribution in [0.1, 0.15) is 44.9 Å². The first kappa shape index (κ1) is 10.4. The van der Waals surface area contributed by atoms with Crippen molar-refractivity contribution >= 4 is 0 Å². The molecule has 0 radical (unpaired) electrons. The van der Waals surface area contributed by atoms with Crippen molar-refractivity contribution in [1.29, 1.82) is 0 Å². The van der Waals surface area contributed by atoms with Gasteiger partial charge in [0.15, 0.2) is 0 Å². The quantitative estimate of drug-likeness (QED) is 0.689. The van der Waals surface area contributed by atoms with Gasteiger partial charge in [0, 0.05) is 6.61 Å². The molecule has 1 saturated heterocycles. The third kappa shape index (κ3) is 2.29. The van der Waals surface area contributed by atoms with Crippen LogP contribution in [0, 0.1) is 11.8 Å². The summed E-state index contributed by atoms with van der Waals surface area (Å²) >= 11 is 0. The van der Waals surface area contributed by atoms with E-state index in [0.29, 0.717) is 12.0 Å². The monoisotopic (exact) mass is 197 g/mol. The molecule has 1 aliphatic carbocycles. The Morgan fingerprint density at radius 1 is 1.00 bits per heavy atom. The Morgan fingerprint density at radius 3 is 2.36 bits per heavy atom. The van der Waals surface area contributed by atoms with Crippen LogP contribution in [0.3, 0.4) is 0 Å². The van der Waals surface area contributed by atoms with Crippen LogP contribution in [0.4, 0.5) is 0 Å². The fraction of sp³-hybridized carbons (Fsp3) is 1.00. The minimum absolute atomic E-state index is 0.498. The molecule has 0 bridgehead atoms. The van der Waals surface area contributed by atoms with E-state index in [9.17, 15) is 0 Å². The third-order valence-electron chi connectivity index (χ3n) is 3.93. The molecular formula is C12H23NO. The van der Waals surface area contributed by atoms with E-state index in [1.54, 1.807) is 0 Å². The SMILES string of the molecule is NCC1CCOC1C1CCCCCC1. The minimum Gasteiger partial charge on any atom is -0.378 e. The first-order valence-electron chi connectivity index (χ1n) is 6.23. The smallest absolute Gasteiger partial charge is 0.0644 e. The zero-order chi connectivity index (χ0) is 9.80. The number of rotatable bonds is 2. The minimum atomic E-state index is 0.498. The molecule has 1 aliphatic heterocycles. The Hall–Kier alpha value is -0.0800. The van der Waals surface area contributed by atoms with E-state index in [0.717, 1.165) is 19.1 Å². The maximum atomic E-state index is 5.87. The van der Waals surface area contributed by atoms with Crippen LogP contribution in [0.2, 0.25) is 0 Å². The van der Waals surface area contributed by atoms with Gasteiger partial charge in [0.1, 0.15) is 0 Å². The van der Waals surface area contributed by atoms with Crippen LogP contribution in [-0.4, -0.2) is 19.3 Å². The lowest BCUT2D eigenvalue weighted by molar-refractivity contribution is 0.0371. The highest BCUT2D eigenvalue weighted by Crippen LogP contribution is 2.34. The normalized spacial score (nSPS) is 35.8. The lowest BCUT2D eigenvalue weighted by Gasteiger charge is -2.25. The summed E-state index contributed by atoms with van der Waals surface area (Å²) in [6, 6.07) is 0. The summed E-state index contributed by atoms with van der Waals surface area (Å²) < 4.78 is 5.87. The van der Waals surface area contributed by atoms with Gasteiger partial charge in [-0.15, -0.1) is 0 Å². The summed E-state index contributed by atoms with van der Waals surface area (Å²) in [5.41, 5.74) is 5.79. The molecule has 2 heteroatoms. The second kappa shape index (κ2) is 5.13. The van der Waals surface area contributed by atoms with E-state index in [4.69, 9.17) is 10.5 Å². The van der Waals surface area contributed by atoms with E-state index >= 15 is 0 Å². The van der Waals surface area contributed by atoms with Gasteiger partial charge in [0.05, 0.1) is 6.10 Å². The molecule has 1 saturated carbocycles. The Morgan fingerprint density at radius 2 is 1.71 bits per heavy atom. The zero-order valence-electron chi connectivity index (χ0n) is 9.08. The molecule has 2 rings (SSSR count). The lowest BCUT2D eigenvalue weighted by atomic mass is 9.86. The second-order valence-corrected chi connectivity index (χ2v) is 4.87. The van der Waals surface area contributed by atoms with E-state index < -0.39 is 0 Å². The van der Waals surface area contributed by atoms with Gasteiger partial charge in [-0.3, -0.25) is 0 Å². The van der Waals surface area contributed by atoms with Gasteiger partial charge < -0.3 is 10.5 Å². The van der Waals surface area contributed by atoms with Gasteiger partial charge in [0.2, 0.25) is 0 Å². The Kier molecular flexibility index (Phi) is 3.82. The van der Waals surface area contributed by atoms with Crippen molar-refractivity contribution in [2.75, 3.05) is 13.2 Å². The van der Waals surface area contributed by atoms with Crippen LogP contribution >= 0.6 is 0 Å². The molecule has 2 nitrogen and oxygen atoms in total. The fourth-order valence-corrected chi connectivity index (χ4v) is 3.07. The summed E-state index contributed by atoms with van der Waals surface area (Å²) in [5, 5.41) is 0. The Balaban J connectivity index is 1.91. The van der Waals surface area contributed by atoms with Crippen LogP contribution in [0.25, 0.3) is 0 Å². The van der Waals surface area contributed by atoms with Gasteiger partial charge in [-0.2, -0.15) is 0 Å². The van der Waals surface area contributed by atoms with Gasteiger partial charge in [-0.1, -0.05) is 25.7 Å². The van der Waals surface area contributed by atoms with Gasteiger partial charge in [0.25, 0.3) is 0 Å². The summed E-state index contributed by atoms with van der Waals surface area (Å²) in [4.78, 5) is 0. The van der Waals surface area contributed by atoms with Crippen molar-refractivity contribution in [3.8, 4) is 0 Å². The molecule has 14 heavy (non-hydrogen) atoms. The highest BCUT2D eigenvalue weighted by atomic mass is 16.5. The number of nitrogens with two attached hydrogens (primary N) is 1. The summed E-state index contributed by atoms with van der Waals surface area (Å²) in [5.74, 6) is 1.46. The molecule has 2 fully saturated rings. The molecule has 0 amide bonds. The highest BCUT2D eigenvalue weighted by Gasteiger charge is 2.33. The first-order valence-corrected chi connectivity index (χ1v) is 6.23. The fourth-order valence-electron chi connectivity index (χ4n) is 3.07. The molecule has 1 heterocycles. The third-order valence-corrected chi connectivity index (χ3v) is 3.93. The van der Waals surface area contributed by atoms with Gasteiger partial charge in [-0.05, 0) is 37.6 Å². The standard InChI is InChI=1S/C12H23NO/c13-9-11-7-8-14-12(11)10-5-3-1-2-4-6-10/h10-12H,1-9,13H2. The van der Waals surface area contributed by atoms with Crippen molar-refractivity contribution in [2.45, 2.75) is 51.0 Å². The lowest BCUT2D eigenvalue weighted by Crippen LogP contribution is -2.30. The number of hydrogen-bond acceptors (Lipinski definition) is 2. The summed E-state index contributed by atoms with van der Waals surface area (Å²) in [6.45, 7) is 1.77. The maximum absolute atomic E-state index is 5.87. The highest BCUT2D eigenvalue weighted by molar-refractivity contribution is 4.84. The van der Waals surface area contributed by atoms with Crippen LogP contribution in [0.15, 0.2) is 0 Å². The molecular weight excluding hydrogens is 174 g/mol. The molecule has 0 aromatic rings. The average Bonchev–Trinajstić information content (AvgIpc) is 2.52. The summed E-state index contributed by atoms with van der Waals surface area (Å²) in [7, 11) is 0. The molecule has 82 valence electrons. The molecule has 0 spiro atoms. The molecule has 0 aromatic heterocycles. The number of hydrogen-bond donors (Lipinski definition) is 1. The Labute approximate surface area is 87.2 Å². The zero-order valence-corrected chi connectivity index (χ0v) is 9.08. The molecule has 0 aromatic carbocycles. The van der Waals surface area contributed by atoms with Crippen LogP contribution < -0.4 is 5.73 Å². The van der Waals surface area contributed by atoms with Crippen LogP contribution in [0.5, 0.6) is 0 Å². The second-order valence-electron chi connectivity index (χ2n) is 4.87. The van der Waals surface area contributed by atoms with Crippen molar-refractivity contribution in [3.05, 3.63) is 0 Å². The average molecular weight is 197 g/mol. The van der Waals surface area contributed by atoms with Crippen molar-refractivity contribution < 1.29 is 4.74 Å². The summed E-state index contributed by atoms with van der Waals surface area (Å²) in [6.07, 6.45) is 10.1. The predicted octanol–water partition coefficient (Wildman–Crippen LogP) is 2.32. The molecule has 2 atom stereocenters. The van der Waals surface area contributed by atoms with Crippen molar-refractivity contribution in [1.82, 2.24) is 0 Å². The van der Waals surface area contributed by atoms with E-state index in [1.807, 2.05) is 0 Å². The first-order chi connectivity index (χ1) is 6.92. The predicted molar refractivity (Wildman–Crippen MR) is 58.1 cm³/mol. The number of ether oxygens (including phenoxy) is 1. The maximum Gasteiger partial charge on any atom is 0.0644 e.